The van der Waals surface area contributed by atoms with Crippen molar-refractivity contribution in [1.82, 2.24) is 0 Å². The van der Waals surface area contributed by atoms with Crippen molar-refractivity contribution < 1.29 is 44.8 Å². The molecule has 0 aliphatic heterocycles. The van der Waals surface area contributed by atoms with Crippen molar-refractivity contribution in [2.75, 3.05) is 0 Å². The largest absolute Gasteiger partial charge is 0.696 e. The zero-order chi connectivity index (χ0) is 26.9. The van der Waals surface area contributed by atoms with Gasteiger partial charge >= 0.3 is 0 Å². The molecule has 0 unspecified atom stereocenters. The SMILES string of the molecule is N#C[S-].N#C[S-].[Au].[Au].[CH2-][P+]([CH2-])(c1ccccc1)c1ccccc1.[CH2-][P+]([CH2-])(c1ccccc1)c1ccccc1. The van der Waals surface area contributed by atoms with Gasteiger partial charge in [-0.15, -0.1) is 0 Å². The average Bonchev–Trinajstić information content (AvgIpc) is 2.92. The summed E-state index contributed by atoms with van der Waals surface area (Å²) in [6.07, 6.45) is 0. The van der Waals surface area contributed by atoms with Gasteiger partial charge in [0.1, 0.15) is 0 Å². The van der Waals surface area contributed by atoms with E-state index in [9.17, 15) is 0 Å². The van der Waals surface area contributed by atoms with Crippen molar-refractivity contribution in [3.05, 3.63) is 148 Å². The van der Waals surface area contributed by atoms with Crippen molar-refractivity contribution in [3.63, 3.8) is 0 Å². The van der Waals surface area contributed by atoms with E-state index in [1.165, 1.54) is 32.0 Å². The first-order chi connectivity index (χ1) is 17.2. The smallest absolute Gasteiger partial charge is 0.0408 e. The number of hydrogen-bond acceptors (Lipinski definition) is 4. The third kappa shape index (κ3) is 13.1. The summed E-state index contributed by atoms with van der Waals surface area (Å²) in [7, 11) is -3.29. The van der Waals surface area contributed by atoms with Gasteiger partial charge in [0.2, 0.25) is 0 Å². The van der Waals surface area contributed by atoms with Crippen molar-refractivity contribution >= 4 is 61.0 Å². The fraction of sp³-hybridized carbons (Fsp3) is 0. The van der Waals surface area contributed by atoms with E-state index in [1.807, 2.05) is 72.8 Å². The van der Waals surface area contributed by atoms with Gasteiger partial charge in [0, 0.05) is 66.0 Å². The Balaban J connectivity index is 0. The Kier molecular flexibility index (Phi) is 21.9. The van der Waals surface area contributed by atoms with E-state index in [-0.39, 0.29) is 44.8 Å². The van der Waals surface area contributed by atoms with Crippen molar-refractivity contribution in [2.45, 2.75) is 0 Å². The van der Waals surface area contributed by atoms with Crippen LogP contribution in [-0.4, -0.2) is 0 Å². The monoisotopic (exact) mass is 936 g/mol. The molecule has 0 heterocycles. The number of rotatable bonds is 4. The quantitative estimate of drug-likeness (QED) is 0.0772. The molecule has 0 aliphatic carbocycles. The molecular formula is C30H28Au2N2P2S2-4. The standard InChI is InChI=1S/2C14H14P.2CHNS.2Au/c2*1-15(2,13-9-5-3-6-10-13)14-11-7-4-8-12-14;2*2-1-3;;/h2*3-12H,1-2H2;2*3H;;/q2*-1;;;;/p-2. The molecule has 0 saturated heterocycles. The van der Waals surface area contributed by atoms with Crippen LogP contribution in [0.15, 0.2) is 121 Å². The number of benzene rings is 4. The Bertz CT molecular complexity index is 1030. The maximum absolute atomic E-state index is 7.13. The van der Waals surface area contributed by atoms with Gasteiger partial charge in [0.25, 0.3) is 0 Å². The van der Waals surface area contributed by atoms with Crippen LogP contribution in [0.25, 0.3) is 0 Å². The van der Waals surface area contributed by atoms with Crippen LogP contribution in [0.5, 0.6) is 0 Å². The molecular weight excluding hydrogens is 908 g/mol. The van der Waals surface area contributed by atoms with Crippen LogP contribution in [0.4, 0.5) is 0 Å². The first-order valence-electron chi connectivity index (χ1n) is 10.7. The Labute approximate surface area is 272 Å². The molecule has 0 saturated carbocycles. The molecule has 0 fully saturated rings. The second kappa shape index (κ2) is 21.5. The summed E-state index contributed by atoms with van der Waals surface area (Å²) in [5, 5.41) is 21.9. The third-order valence-electron chi connectivity index (χ3n) is 5.00. The first-order valence-corrected chi connectivity index (χ1v) is 15.8. The van der Waals surface area contributed by atoms with E-state index in [1.54, 1.807) is 0 Å². The molecule has 0 N–H and O–H groups in total. The van der Waals surface area contributed by atoms with Crippen LogP contribution in [0.3, 0.4) is 0 Å². The molecule has 0 atom stereocenters. The molecule has 2 radical (unpaired) electrons. The minimum absolute atomic E-state index is 0. The van der Waals surface area contributed by atoms with Gasteiger partial charge in [-0.3, -0.25) is 0 Å². The number of nitriles is 2. The minimum Gasteiger partial charge on any atom is -0.696 e. The number of nitrogens with zero attached hydrogens (tertiary/aromatic N) is 2. The van der Waals surface area contributed by atoms with Crippen LogP contribution >= 0.6 is 14.5 Å². The summed E-state index contributed by atoms with van der Waals surface area (Å²) in [6, 6.07) is 41.3. The molecule has 2 nitrogen and oxygen atoms in total. The molecule has 0 aromatic heterocycles. The molecule has 4 aromatic rings. The molecule has 0 aliphatic rings. The van der Waals surface area contributed by atoms with E-state index < -0.39 is 14.5 Å². The van der Waals surface area contributed by atoms with Crippen LogP contribution in [0.1, 0.15) is 0 Å². The number of thiocyanates is 2. The Hall–Kier alpha value is -1.36. The fourth-order valence-electron chi connectivity index (χ4n) is 3.15. The second-order valence-corrected chi connectivity index (χ2v) is 13.8. The Morgan fingerprint density at radius 1 is 0.421 bits per heavy atom. The minimum atomic E-state index is -1.65. The zero-order valence-electron chi connectivity index (χ0n) is 20.6. The summed E-state index contributed by atoms with van der Waals surface area (Å²) in [6.45, 7) is 17.2. The van der Waals surface area contributed by atoms with Gasteiger partial charge in [-0.05, 0) is 48.5 Å². The van der Waals surface area contributed by atoms with Crippen LogP contribution in [0.2, 0.25) is 0 Å². The van der Waals surface area contributed by atoms with Crippen LogP contribution < -0.4 is 21.2 Å². The van der Waals surface area contributed by atoms with Crippen molar-refractivity contribution in [1.29, 1.82) is 10.5 Å². The van der Waals surface area contributed by atoms with Gasteiger partial charge in [-0.25, -0.2) is 10.5 Å². The van der Waals surface area contributed by atoms with Crippen LogP contribution in [-0.2, 0) is 70.0 Å². The number of hydrogen-bond donors (Lipinski definition) is 0. The van der Waals surface area contributed by atoms with E-state index in [0.717, 1.165) is 0 Å². The van der Waals surface area contributed by atoms with Crippen molar-refractivity contribution in [3.8, 4) is 10.8 Å². The van der Waals surface area contributed by atoms with E-state index >= 15 is 0 Å². The summed E-state index contributed by atoms with van der Waals surface area (Å²) in [5.41, 5.74) is 0. The zero-order valence-corrected chi connectivity index (χ0v) is 28.3. The summed E-state index contributed by atoms with van der Waals surface area (Å²) in [5.74, 6) is 0. The van der Waals surface area contributed by atoms with Gasteiger partial charge in [0.05, 0.1) is 0 Å². The molecule has 0 bridgehead atoms. The molecule has 8 heteroatoms. The van der Waals surface area contributed by atoms with E-state index in [0.29, 0.717) is 0 Å². The molecule has 0 spiro atoms. The predicted octanol–water partition coefficient (Wildman–Crippen LogP) is 6.50. The average molecular weight is 937 g/mol. The molecule has 0 amide bonds. The molecule has 38 heavy (non-hydrogen) atoms. The summed E-state index contributed by atoms with van der Waals surface area (Å²) >= 11 is 7.40. The first kappa shape index (κ1) is 38.8. The van der Waals surface area contributed by atoms with Gasteiger partial charge in [-0.2, -0.15) is 41.2 Å². The molecule has 4 rings (SSSR count). The predicted molar refractivity (Wildman–Crippen MR) is 166 cm³/mol. The van der Waals surface area contributed by atoms with Gasteiger partial charge in [-0.1, -0.05) is 83.6 Å². The fourth-order valence-corrected chi connectivity index (χ4v) is 6.72. The topological polar surface area (TPSA) is 47.6 Å². The molecule has 206 valence electrons. The van der Waals surface area contributed by atoms with Gasteiger partial charge in [0.15, 0.2) is 0 Å². The second-order valence-electron chi connectivity index (χ2n) is 7.46. The van der Waals surface area contributed by atoms with E-state index in [4.69, 9.17) is 10.5 Å². The normalized spacial score (nSPS) is 9.32. The maximum atomic E-state index is 7.13. The maximum Gasteiger partial charge on any atom is 0.0408 e. The Morgan fingerprint density at radius 2 is 0.553 bits per heavy atom. The Morgan fingerprint density at radius 3 is 0.684 bits per heavy atom. The summed E-state index contributed by atoms with van der Waals surface area (Å²) < 4.78 is 0. The van der Waals surface area contributed by atoms with Crippen molar-refractivity contribution in [2.24, 2.45) is 0 Å². The molecule has 4 aromatic carbocycles. The van der Waals surface area contributed by atoms with Crippen LogP contribution in [0, 0.1) is 48.0 Å². The van der Waals surface area contributed by atoms with E-state index in [2.05, 4.69) is 100 Å². The third-order valence-corrected chi connectivity index (χ3v) is 10.1. The van der Waals surface area contributed by atoms with Gasteiger partial charge < -0.3 is 25.3 Å². The summed E-state index contributed by atoms with van der Waals surface area (Å²) in [4.78, 5) is 0.